The maximum Gasteiger partial charge on any atom is 0.317 e. The molecule has 3 saturated heterocycles. The van der Waals surface area contributed by atoms with E-state index in [1.54, 1.807) is 32.9 Å². The molecule has 0 aliphatic carbocycles. The van der Waals surface area contributed by atoms with Crippen LogP contribution in [0.25, 0.3) is 10.9 Å². The van der Waals surface area contributed by atoms with Crippen molar-refractivity contribution < 1.29 is 76.0 Å². The lowest BCUT2D eigenvalue weighted by atomic mass is 9.92. The number of likely N-dealkylation sites (tertiary alicyclic amines) is 2. The number of nitrogens with zero attached hydrogens (tertiary/aromatic N) is 7. The largest absolute Gasteiger partial charge is 0.494 e. The minimum Gasteiger partial charge on any atom is -0.494 e. The lowest BCUT2D eigenvalue weighted by Crippen LogP contribution is -2.53. The van der Waals surface area contributed by atoms with E-state index in [1.807, 2.05) is 34.1 Å². The Balaban J connectivity index is 0.980. The molecule has 5 N–H and O–H groups in total. The summed E-state index contributed by atoms with van der Waals surface area (Å²) in [6.07, 6.45) is 11.0. The predicted octanol–water partition coefficient (Wildman–Crippen LogP) is 2.23. The van der Waals surface area contributed by atoms with E-state index in [9.17, 15) is 61.8 Å². The number of carbonyl (C=O) groups is 10. The second-order valence-corrected chi connectivity index (χ2v) is 23.5. The van der Waals surface area contributed by atoms with Gasteiger partial charge in [-0.05, 0) is 128 Å². The SMILES string of the molecule is C#C[C@H]1CC(F)(F)CN1C(=O)CNC(=O)c1ccnc2ccc(OCCCC3CCN(C(=O)CC(=O)NC(=O)[C@H](CCCCNC(=O)CCCc4ccc(I)cc4)NC(=O)CN4CCN(COC=O)CCN(COC=O)CCN(CC(=O)O)CC4)CC3)cc12. The van der Waals surface area contributed by atoms with Gasteiger partial charge in [0.05, 0.1) is 49.9 Å². The summed E-state index contributed by atoms with van der Waals surface area (Å²) in [4.78, 5) is 141. The van der Waals surface area contributed by atoms with Crippen LogP contribution in [0.1, 0.15) is 86.6 Å². The molecule has 7 amide bonds. The number of aryl methyl sites for hydroxylation is 1. The number of carboxylic acids is 1. The lowest BCUT2D eigenvalue weighted by Gasteiger charge is -2.33. The second-order valence-electron chi connectivity index (χ2n) is 22.3. The standard InChI is InChI=1S/C61H80F2IN11O14/c1-2-47-35-61(62,63)39-75(47)57(82)36-67-59(85)49-17-21-65-51-16-15-48(33-50(49)51)89-32-6-8-45-18-22-74(23-19-45)56(81)34-54(79)69-60(86)52(9-3-4-20-66-53(78)10-5-7-44-11-13-46(64)14-12-44)68-55(80)37-70-24-25-71(38-58(83)84)27-29-73(41-88-43-77)31-30-72(28-26-70)40-87-42-76/h1,11-17,21,33,42-43,45,47,52H,3-10,18-20,22-32,34-41H2,(H,66,78)(H,67,85)(H,68,80)(H,83,84)(H,69,79,86)/t47-,52-/m0/s1. The Bertz CT molecular complexity index is 2930. The van der Waals surface area contributed by atoms with Crippen LogP contribution in [0.3, 0.4) is 0 Å². The zero-order valence-corrected chi connectivity index (χ0v) is 52.0. The zero-order valence-electron chi connectivity index (χ0n) is 49.9. The van der Waals surface area contributed by atoms with Crippen molar-refractivity contribution >= 4 is 93.8 Å². The average Bonchev–Trinajstić information content (AvgIpc) is 2.28. The number of halogens is 3. The molecular formula is C61H80F2IN11O14. The van der Waals surface area contributed by atoms with E-state index in [0.717, 1.165) is 26.9 Å². The van der Waals surface area contributed by atoms with Crippen LogP contribution in [-0.2, 0) is 59.0 Å². The lowest BCUT2D eigenvalue weighted by molar-refractivity contribution is -0.140. The van der Waals surface area contributed by atoms with Gasteiger partial charge in [-0.3, -0.25) is 77.8 Å². The van der Waals surface area contributed by atoms with E-state index in [4.69, 9.17) is 20.6 Å². The van der Waals surface area contributed by atoms with Crippen molar-refractivity contribution in [3.8, 4) is 18.1 Å². The van der Waals surface area contributed by atoms with Gasteiger partial charge in [0, 0.05) is 100.0 Å². The zero-order chi connectivity index (χ0) is 64.1. The quantitative estimate of drug-likeness (QED) is 0.0203. The van der Waals surface area contributed by atoms with Crippen molar-refractivity contribution in [3.05, 3.63) is 69.4 Å². The fraction of sp³-hybridized carbons (Fsp3) is 0.557. The summed E-state index contributed by atoms with van der Waals surface area (Å²) in [6.45, 7) is 2.44. The van der Waals surface area contributed by atoms with Crippen molar-refractivity contribution in [3.63, 3.8) is 0 Å². The van der Waals surface area contributed by atoms with Crippen molar-refractivity contribution in [2.45, 2.75) is 95.1 Å². The van der Waals surface area contributed by atoms with Crippen LogP contribution < -0.4 is 26.0 Å². The van der Waals surface area contributed by atoms with Crippen LogP contribution in [0.2, 0.25) is 0 Å². The van der Waals surface area contributed by atoms with E-state index in [-0.39, 0.29) is 76.5 Å². The number of imide groups is 1. The number of fused-ring (bicyclic) bond motifs is 1. The first kappa shape index (κ1) is 70.6. The maximum atomic E-state index is 14.0. The molecule has 4 heterocycles. The highest BCUT2D eigenvalue weighted by Gasteiger charge is 2.46. The first-order valence-electron chi connectivity index (χ1n) is 29.9. The molecule has 3 aliphatic rings. The number of pyridine rings is 1. The molecular weight excluding hydrogens is 1280 g/mol. The number of aromatic nitrogens is 1. The highest BCUT2D eigenvalue weighted by molar-refractivity contribution is 14.1. The molecule has 0 spiro atoms. The summed E-state index contributed by atoms with van der Waals surface area (Å²) >= 11 is 2.24. The number of unbranched alkanes of at least 4 members (excludes halogenated alkanes) is 1. The average molecular weight is 1360 g/mol. The monoisotopic (exact) mass is 1360 g/mol. The molecule has 89 heavy (non-hydrogen) atoms. The number of carbonyl (C=O) groups excluding carboxylic acids is 9. The smallest absolute Gasteiger partial charge is 0.317 e. The Hall–Kier alpha value is -7.46. The summed E-state index contributed by atoms with van der Waals surface area (Å²) in [5.74, 6) is -5.37. The second kappa shape index (κ2) is 36.9. The number of hydrogen-bond acceptors (Lipinski definition) is 18. The minimum absolute atomic E-state index is 0.0348. The van der Waals surface area contributed by atoms with E-state index >= 15 is 0 Å². The van der Waals surface area contributed by atoms with Crippen molar-refractivity contribution in [1.29, 1.82) is 0 Å². The van der Waals surface area contributed by atoms with Crippen LogP contribution in [0.4, 0.5) is 8.78 Å². The molecule has 25 nitrogen and oxygen atoms in total. The van der Waals surface area contributed by atoms with Crippen LogP contribution >= 0.6 is 22.6 Å². The van der Waals surface area contributed by atoms with E-state index in [0.29, 0.717) is 127 Å². The number of carboxylic acid groups (broad SMARTS) is 1. The highest BCUT2D eigenvalue weighted by atomic mass is 127. The molecule has 2 aromatic carbocycles. The van der Waals surface area contributed by atoms with E-state index < -0.39 is 85.3 Å². The number of amides is 7. The molecule has 0 saturated carbocycles. The summed E-state index contributed by atoms with van der Waals surface area (Å²) < 4.78 is 45.2. The molecule has 1 aromatic heterocycles. The molecule has 0 radical (unpaired) electrons. The van der Waals surface area contributed by atoms with Gasteiger partial charge in [-0.15, -0.1) is 6.42 Å². The molecule has 0 bridgehead atoms. The number of rotatable bonds is 31. The van der Waals surface area contributed by atoms with Crippen LogP contribution in [0, 0.1) is 21.8 Å². The fourth-order valence-corrected chi connectivity index (χ4v) is 11.1. The summed E-state index contributed by atoms with van der Waals surface area (Å²) in [6, 6.07) is 12.4. The molecule has 3 fully saturated rings. The van der Waals surface area contributed by atoms with Crippen molar-refractivity contribution in [2.75, 3.05) is 118 Å². The molecule has 0 unspecified atom stereocenters. The van der Waals surface area contributed by atoms with E-state index in [2.05, 4.69) is 54.8 Å². The normalized spacial score (nSPS) is 17.6. The third kappa shape index (κ3) is 24.8. The number of alkyl halides is 2. The number of aliphatic carboxylic acids is 1. The molecule has 6 rings (SSSR count). The Morgan fingerprint density at radius 3 is 2.07 bits per heavy atom. The van der Waals surface area contributed by atoms with Gasteiger partial charge in [0.2, 0.25) is 35.4 Å². The third-order valence-electron chi connectivity index (χ3n) is 15.7. The van der Waals surface area contributed by atoms with Crippen LogP contribution in [0.15, 0.2) is 54.7 Å². The molecule has 3 aliphatic heterocycles. The van der Waals surface area contributed by atoms with Crippen molar-refractivity contribution in [1.82, 2.24) is 55.7 Å². The number of ether oxygens (including phenoxy) is 3. The Labute approximate surface area is 529 Å². The molecule has 3 aromatic rings. The predicted molar refractivity (Wildman–Crippen MR) is 328 cm³/mol. The van der Waals surface area contributed by atoms with Gasteiger partial charge in [0.1, 0.15) is 31.7 Å². The first-order chi connectivity index (χ1) is 42.8. The Kier molecular flexibility index (Phi) is 29.3. The van der Waals surface area contributed by atoms with Crippen molar-refractivity contribution in [2.24, 2.45) is 5.92 Å². The van der Waals surface area contributed by atoms with Crippen LogP contribution in [0.5, 0.6) is 5.75 Å². The summed E-state index contributed by atoms with van der Waals surface area (Å²) in [5.41, 5.74) is 1.83. The Morgan fingerprint density at radius 1 is 0.775 bits per heavy atom. The minimum atomic E-state index is -3.11. The third-order valence-corrected chi connectivity index (χ3v) is 16.4. The van der Waals surface area contributed by atoms with Gasteiger partial charge in [0.25, 0.3) is 24.8 Å². The molecule has 484 valence electrons. The Morgan fingerprint density at radius 2 is 1.43 bits per heavy atom. The topological polar surface area (TPSA) is 299 Å². The first-order valence-corrected chi connectivity index (χ1v) is 31.0. The van der Waals surface area contributed by atoms with Crippen LogP contribution in [-0.4, -0.2) is 236 Å². The summed E-state index contributed by atoms with van der Waals surface area (Å²) in [5, 5.41) is 20.7. The van der Waals surface area contributed by atoms with E-state index in [1.165, 1.54) is 12.3 Å². The molecule has 28 heteroatoms. The maximum absolute atomic E-state index is 14.0. The fourth-order valence-electron chi connectivity index (χ4n) is 10.8. The van der Waals surface area contributed by atoms with Gasteiger partial charge in [-0.25, -0.2) is 8.78 Å². The summed E-state index contributed by atoms with van der Waals surface area (Å²) in [7, 11) is 0. The van der Waals surface area contributed by atoms with Gasteiger partial charge < -0.3 is 45.1 Å². The van der Waals surface area contributed by atoms with Gasteiger partial charge in [-0.1, -0.05) is 18.1 Å². The number of benzene rings is 2. The molecule has 2 atom stereocenters. The van der Waals surface area contributed by atoms with Gasteiger partial charge in [-0.2, -0.15) is 0 Å². The number of hydrogen-bond donors (Lipinski definition) is 5. The van der Waals surface area contributed by atoms with Gasteiger partial charge >= 0.3 is 5.97 Å². The highest BCUT2D eigenvalue weighted by Crippen LogP contribution is 2.32. The number of piperidine rings is 1. The number of nitrogens with one attached hydrogen (secondary N) is 4. The number of terminal acetylenes is 1. The van der Waals surface area contributed by atoms with Gasteiger partial charge in [0.15, 0.2) is 0 Å².